The zero-order chi connectivity index (χ0) is 26.2. The first-order chi connectivity index (χ1) is 18.0. The van der Waals surface area contributed by atoms with Gasteiger partial charge in [0.2, 0.25) is 5.82 Å². The van der Waals surface area contributed by atoms with Gasteiger partial charge in [0.05, 0.1) is 0 Å². The normalized spacial score (nSPS) is 17.6. The van der Waals surface area contributed by atoms with Crippen LogP contribution in [-0.4, -0.2) is 0 Å². The lowest BCUT2D eigenvalue weighted by Crippen LogP contribution is -2.15. The second-order valence-electron chi connectivity index (χ2n) is 10.5. The Bertz CT molecular complexity index is 1150. The Morgan fingerprint density at radius 1 is 0.757 bits per heavy atom. The highest BCUT2D eigenvalue weighted by Crippen LogP contribution is 2.40. The van der Waals surface area contributed by atoms with E-state index in [1.54, 1.807) is 18.2 Å². The molecule has 4 rings (SSSR count). The van der Waals surface area contributed by atoms with Crippen LogP contribution in [0.25, 0.3) is 11.1 Å². The summed E-state index contributed by atoms with van der Waals surface area (Å²) in [6.45, 7) is 4.46. The highest BCUT2D eigenvalue weighted by Gasteiger charge is 2.26. The molecule has 0 heterocycles. The van der Waals surface area contributed by atoms with Gasteiger partial charge in [0.15, 0.2) is 11.6 Å². The van der Waals surface area contributed by atoms with Gasteiger partial charge in [-0.25, -0.2) is 8.78 Å². The number of unbranched alkanes of at least 4 members (excludes halogenated alkanes) is 2. The minimum atomic E-state index is -0.911. The Kier molecular flexibility index (Phi) is 9.71. The van der Waals surface area contributed by atoms with Crippen LogP contribution in [0.15, 0.2) is 54.6 Å². The maximum atomic E-state index is 14.9. The van der Waals surface area contributed by atoms with Crippen molar-refractivity contribution in [1.82, 2.24) is 0 Å². The average molecular weight is 509 g/mol. The monoisotopic (exact) mass is 508 g/mol. The van der Waals surface area contributed by atoms with Crippen molar-refractivity contribution >= 4 is 0 Å². The van der Waals surface area contributed by atoms with Crippen LogP contribution in [0.2, 0.25) is 0 Å². The molecule has 0 saturated heterocycles. The molecular formula is C33H39F3O. The predicted molar refractivity (Wildman–Crippen MR) is 145 cm³/mol. The van der Waals surface area contributed by atoms with E-state index in [-0.39, 0.29) is 24.1 Å². The molecular weight excluding hydrogens is 469 g/mol. The molecule has 0 amide bonds. The minimum Gasteiger partial charge on any atom is -0.486 e. The van der Waals surface area contributed by atoms with Crippen molar-refractivity contribution in [3.63, 3.8) is 0 Å². The molecule has 0 unspecified atom stereocenters. The summed E-state index contributed by atoms with van der Waals surface area (Å²) < 4.78 is 50.1. The third-order valence-corrected chi connectivity index (χ3v) is 7.82. The van der Waals surface area contributed by atoms with Crippen LogP contribution in [0.5, 0.6) is 5.75 Å². The molecule has 1 fully saturated rings. The van der Waals surface area contributed by atoms with Crippen molar-refractivity contribution in [1.29, 1.82) is 0 Å². The molecule has 3 aromatic carbocycles. The molecule has 0 atom stereocenters. The van der Waals surface area contributed by atoms with Crippen molar-refractivity contribution in [2.24, 2.45) is 5.92 Å². The summed E-state index contributed by atoms with van der Waals surface area (Å²) in [5, 5.41) is 0. The summed E-state index contributed by atoms with van der Waals surface area (Å²) in [5.41, 5.74) is 3.63. The Balaban J connectivity index is 1.36. The molecule has 198 valence electrons. The van der Waals surface area contributed by atoms with Gasteiger partial charge in [-0.15, -0.1) is 0 Å². The fourth-order valence-electron chi connectivity index (χ4n) is 5.61. The van der Waals surface area contributed by atoms with E-state index in [0.29, 0.717) is 11.1 Å². The van der Waals surface area contributed by atoms with Gasteiger partial charge in [-0.05, 0) is 84.7 Å². The van der Waals surface area contributed by atoms with E-state index in [0.717, 1.165) is 74.0 Å². The Hall–Kier alpha value is -2.75. The highest BCUT2D eigenvalue weighted by molar-refractivity contribution is 5.64. The number of hydrogen-bond donors (Lipinski definition) is 0. The number of aryl methyl sites for hydroxylation is 1. The SMILES string of the molecule is CCCCCc1ccc(-c2ccc(COc3ccc(C4CCC(CCC)CC4)c(F)c3F)cc2)c(F)c1. The zero-order valence-corrected chi connectivity index (χ0v) is 22.2. The molecule has 1 aliphatic rings. The molecule has 0 aromatic heterocycles. The van der Waals surface area contributed by atoms with Crippen LogP contribution in [0, 0.1) is 23.4 Å². The average Bonchev–Trinajstić information content (AvgIpc) is 2.91. The predicted octanol–water partition coefficient (Wildman–Crippen LogP) is 10.2. The lowest BCUT2D eigenvalue weighted by molar-refractivity contribution is 0.279. The number of rotatable bonds is 11. The third kappa shape index (κ3) is 6.97. The van der Waals surface area contributed by atoms with Crippen LogP contribution < -0.4 is 4.74 Å². The van der Waals surface area contributed by atoms with Crippen LogP contribution in [-0.2, 0) is 13.0 Å². The molecule has 0 bridgehead atoms. The van der Waals surface area contributed by atoms with Gasteiger partial charge in [-0.2, -0.15) is 4.39 Å². The van der Waals surface area contributed by atoms with Gasteiger partial charge >= 0.3 is 0 Å². The fourth-order valence-corrected chi connectivity index (χ4v) is 5.61. The topological polar surface area (TPSA) is 9.23 Å². The van der Waals surface area contributed by atoms with E-state index in [1.165, 1.54) is 12.8 Å². The van der Waals surface area contributed by atoms with Crippen molar-refractivity contribution in [3.8, 4) is 16.9 Å². The van der Waals surface area contributed by atoms with Gasteiger partial charge in [-0.1, -0.05) is 82.0 Å². The van der Waals surface area contributed by atoms with Crippen LogP contribution >= 0.6 is 0 Å². The van der Waals surface area contributed by atoms with E-state index in [4.69, 9.17) is 4.74 Å². The first kappa shape index (κ1) is 27.3. The van der Waals surface area contributed by atoms with Gasteiger partial charge in [0.25, 0.3) is 0 Å². The Labute approximate surface area is 220 Å². The van der Waals surface area contributed by atoms with Crippen molar-refractivity contribution in [2.45, 2.75) is 90.6 Å². The lowest BCUT2D eigenvalue weighted by Gasteiger charge is -2.29. The molecule has 1 nitrogen and oxygen atoms in total. The second kappa shape index (κ2) is 13.2. The number of benzene rings is 3. The molecule has 1 saturated carbocycles. The van der Waals surface area contributed by atoms with Crippen molar-refractivity contribution in [2.75, 3.05) is 0 Å². The van der Waals surface area contributed by atoms with E-state index in [9.17, 15) is 13.2 Å². The molecule has 0 N–H and O–H groups in total. The van der Waals surface area contributed by atoms with Crippen LogP contribution in [0.3, 0.4) is 0 Å². The summed E-state index contributed by atoms with van der Waals surface area (Å²) in [6, 6.07) is 16.0. The maximum Gasteiger partial charge on any atom is 0.200 e. The number of ether oxygens (including phenoxy) is 1. The third-order valence-electron chi connectivity index (χ3n) is 7.82. The Morgan fingerprint density at radius 2 is 1.49 bits per heavy atom. The summed E-state index contributed by atoms with van der Waals surface area (Å²) in [7, 11) is 0. The molecule has 0 aliphatic heterocycles. The first-order valence-electron chi connectivity index (χ1n) is 14.0. The van der Waals surface area contributed by atoms with Gasteiger partial charge < -0.3 is 4.74 Å². The molecule has 1 aliphatic carbocycles. The fraction of sp³-hybridized carbons (Fsp3) is 0.455. The first-order valence-corrected chi connectivity index (χ1v) is 14.0. The van der Waals surface area contributed by atoms with E-state index < -0.39 is 11.6 Å². The summed E-state index contributed by atoms with van der Waals surface area (Å²) in [5.74, 6) is -1.19. The molecule has 0 radical (unpaired) electrons. The van der Waals surface area contributed by atoms with Crippen molar-refractivity contribution in [3.05, 3.63) is 88.7 Å². The van der Waals surface area contributed by atoms with E-state index in [2.05, 4.69) is 13.8 Å². The molecule has 0 spiro atoms. The van der Waals surface area contributed by atoms with Gasteiger partial charge in [0.1, 0.15) is 12.4 Å². The molecule has 37 heavy (non-hydrogen) atoms. The zero-order valence-electron chi connectivity index (χ0n) is 22.2. The van der Waals surface area contributed by atoms with E-state index >= 15 is 0 Å². The smallest absolute Gasteiger partial charge is 0.200 e. The summed E-state index contributed by atoms with van der Waals surface area (Å²) in [6.07, 6.45) is 10.6. The summed E-state index contributed by atoms with van der Waals surface area (Å²) in [4.78, 5) is 0. The molecule has 3 aromatic rings. The van der Waals surface area contributed by atoms with E-state index in [1.807, 2.05) is 36.4 Å². The highest BCUT2D eigenvalue weighted by atomic mass is 19.2. The lowest BCUT2D eigenvalue weighted by atomic mass is 9.77. The van der Waals surface area contributed by atoms with Gasteiger partial charge in [-0.3, -0.25) is 0 Å². The second-order valence-corrected chi connectivity index (χ2v) is 10.5. The maximum absolute atomic E-state index is 14.9. The minimum absolute atomic E-state index is 0.0744. The Morgan fingerprint density at radius 3 is 2.16 bits per heavy atom. The van der Waals surface area contributed by atoms with Crippen molar-refractivity contribution < 1.29 is 17.9 Å². The van der Waals surface area contributed by atoms with Crippen LogP contribution in [0.1, 0.15) is 94.2 Å². The summed E-state index contributed by atoms with van der Waals surface area (Å²) >= 11 is 0. The number of hydrogen-bond acceptors (Lipinski definition) is 1. The quantitative estimate of drug-likeness (QED) is 0.234. The van der Waals surface area contributed by atoms with Crippen LogP contribution in [0.4, 0.5) is 13.2 Å². The van der Waals surface area contributed by atoms with Gasteiger partial charge in [0, 0.05) is 5.56 Å². The number of halogens is 3. The standard InChI is InChI=1S/C33H39F3O/c1-3-5-6-8-24-13-18-28(30(34)21-24)26-16-11-25(12-17-26)22-37-31-20-19-29(32(35)33(31)36)27-14-9-23(7-4-2)10-15-27/h11-13,16-21,23,27H,3-10,14-15,22H2,1-2H3. The molecule has 4 heteroatoms. The largest absolute Gasteiger partial charge is 0.486 e.